The molecule has 1 fully saturated rings. The number of pyridine rings is 1. The van der Waals surface area contributed by atoms with Gasteiger partial charge < -0.3 is 10.4 Å². The Balaban J connectivity index is 2.10. The van der Waals surface area contributed by atoms with Crippen LogP contribution in [0.1, 0.15) is 41.4 Å². The summed E-state index contributed by atoms with van der Waals surface area (Å²) in [5.74, 6) is -0.452. The fraction of sp³-hybridized carbons (Fsp3) is 0.600. The average Bonchev–Trinajstić information content (AvgIpc) is 3.17. The molecule has 1 aliphatic rings. The molecule has 2 N–H and O–H groups in total. The van der Waals surface area contributed by atoms with E-state index in [2.05, 4.69) is 29.2 Å². The molecule has 2 rings (SSSR count). The Morgan fingerprint density at radius 1 is 1.55 bits per heavy atom. The van der Waals surface area contributed by atoms with Gasteiger partial charge in [0, 0.05) is 24.3 Å². The van der Waals surface area contributed by atoms with Crippen LogP contribution in [-0.4, -0.2) is 46.6 Å². The van der Waals surface area contributed by atoms with E-state index < -0.39 is 5.97 Å². The van der Waals surface area contributed by atoms with E-state index in [1.807, 2.05) is 13.8 Å². The van der Waals surface area contributed by atoms with Crippen molar-refractivity contribution in [2.45, 2.75) is 45.7 Å². The molecule has 0 amide bonds. The van der Waals surface area contributed by atoms with Gasteiger partial charge >= 0.3 is 5.97 Å². The van der Waals surface area contributed by atoms with Crippen molar-refractivity contribution in [2.75, 3.05) is 18.9 Å². The number of carboxylic acid groups (broad SMARTS) is 1. The molecule has 1 aromatic heterocycles. The Morgan fingerprint density at radius 3 is 2.75 bits per heavy atom. The Labute approximate surface area is 120 Å². The lowest BCUT2D eigenvalue weighted by Crippen LogP contribution is -2.36. The predicted molar refractivity (Wildman–Crippen MR) is 79.4 cm³/mol. The molecule has 5 nitrogen and oxygen atoms in total. The van der Waals surface area contributed by atoms with Crippen LogP contribution in [0, 0.1) is 13.8 Å². The smallest absolute Gasteiger partial charge is 0.339 e. The molecular weight excluding hydrogens is 254 g/mol. The molecule has 0 saturated heterocycles. The first-order chi connectivity index (χ1) is 9.40. The van der Waals surface area contributed by atoms with Crippen LogP contribution in [0.2, 0.25) is 0 Å². The SMILES string of the molecule is Cc1cc(C)c(C(=O)O)c(NCC(C)N(C)C2CC2)n1. The number of hydrogen-bond acceptors (Lipinski definition) is 4. The molecule has 1 saturated carbocycles. The molecule has 5 heteroatoms. The summed E-state index contributed by atoms with van der Waals surface area (Å²) in [6.45, 7) is 6.53. The van der Waals surface area contributed by atoms with Crippen molar-refractivity contribution in [2.24, 2.45) is 0 Å². The molecule has 1 atom stereocenters. The van der Waals surface area contributed by atoms with Crippen molar-refractivity contribution in [1.29, 1.82) is 0 Å². The number of aromatic nitrogens is 1. The minimum Gasteiger partial charge on any atom is -0.478 e. The van der Waals surface area contributed by atoms with Gasteiger partial charge in [-0.05, 0) is 52.3 Å². The van der Waals surface area contributed by atoms with Gasteiger partial charge in [-0.1, -0.05) is 0 Å². The lowest BCUT2D eigenvalue weighted by atomic mass is 10.1. The van der Waals surface area contributed by atoms with E-state index in [0.29, 0.717) is 24.4 Å². The Hall–Kier alpha value is -1.62. The highest BCUT2D eigenvalue weighted by molar-refractivity contribution is 5.94. The largest absolute Gasteiger partial charge is 0.478 e. The second-order valence-corrected chi connectivity index (χ2v) is 5.74. The van der Waals surface area contributed by atoms with Gasteiger partial charge in [-0.25, -0.2) is 9.78 Å². The van der Waals surface area contributed by atoms with Gasteiger partial charge in [-0.15, -0.1) is 0 Å². The van der Waals surface area contributed by atoms with E-state index in [4.69, 9.17) is 0 Å². The van der Waals surface area contributed by atoms with Crippen molar-refractivity contribution in [3.8, 4) is 0 Å². The second-order valence-electron chi connectivity index (χ2n) is 5.74. The zero-order valence-electron chi connectivity index (χ0n) is 12.6. The highest BCUT2D eigenvalue weighted by Crippen LogP contribution is 2.27. The molecule has 0 aromatic carbocycles. The summed E-state index contributed by atoms with van der Waals surface area (Å²) >= 11 is 0. The lowest BCUT2D eigenvalue weighted by molar-refractivity contribution is 0.0696. The zero-order valence-corrected chi connectivity index (χ0v) is 12.6. The molecule has 0 spiro atoms. The summed E-state index contributed by atoms with van der Waals surface area (Å²) in [4.78, 5) is 18.0. The summed E-state index contributed by atoms with van der Waals surface area (Å²) in [6, 6.07) is 2.85. The fourth-order valence-corrected chi connectivity index (χ4v) is 2.46. The zero-order chi connectivity index (χ0) is 14.9. The molecule has 0 radical (unpaired) electrons. The summed E-state index contributed by atoms with van der Waals surface area (Å²) in [5.41, 5.74) is 1.85. The van der Waals surface area contributed by atoms with Gasteiger partial charge in [0.25, 0.3) is 0 Å². The number of aromatic carboxylic acids is 1. The molecule has 20 heavy (non-hydrogen) atoms. The number of hydrogen-bond donors (Lipinski definition) is 2. The molecule has 1 heterocycles. The molecule has 1 aromatic rings. The average molecular weight is 277 g/mol. The number of aryl methyl sites for hydroxylation is 2. The van der Waals surface area contributed by atoms with E-state index in [1.165, 1.54) is 12.8 Å². The van der Waals surface area contributed by atoms with Gasteiger partial charge in [0.05, 0.1) is 0 Å². The van der Waals surface area contributed by atoms with E-state index in [9.17, 15) is 9.90 Å². The highest BCUT2D eigenvalue weighted by Gasteiger charge is 2.29. The maximum atomic E-state index is 11.4. The number of nitrogens with one attached hydrogen (secondary N) is 1. The first-order valence-corrected chi connectivity index (χ1v) is 7.07. The van der Waals surface area contributed by atoms with Crippen LogP contribution in [-0.2, 0) is 0 Å². The first-order valence-electron chi connectivity index (χ1n) is 7.07. The number of rotatable bonds is 6. The van der Waals surface area contributed by atoms with Gasteiger partial charge in [0.2, 0.25) is 0 Å². The molecule has 110 valence electrons. The maximum Gasteiger partial charge on any atom is 0.339 e. The third-order valence-corrected chi connectivity index (χ3v) is 3.94. The van der Waals surface area contributed by atoms with Crippen molar-refractivity contribution in [1.82, 2.24) is 9.88 Å². The molecular formula is C15H23N3O2. The van der Waals surface area contributed by atoms with Crippen molar-refractivity contribution < 1.29 is 9.90 Å². The summed E-state index contributed by atoms with van der Waals surface area (Å²) in [6.07, 6.45) is 2.53. The van der Waals surface area contributed by atoms with Crippen LogP contribution in [0.25, 0.3) is 0 Å². The highest BCUT2D eigenvalue weighted by atomic mass is 16.4. The lowest BCUT2D eigenvalue weighted by Gasteiger charge is -2.25. The second kappa shape index (κ2) is 5.79. The minimum absolute atomic E-state index is 0.275. The van der Waals surface area contributed by atoms with Crippen molar-refractivity contribution in [3.05, 3.63) is 22.9 Å². The van der Waals surface area contributed by atoms with E-state index in [1.54, 1.807) is 6.07 Å². The minimum atomic E-state index is -0.930. The summed E-state index contributed by atoms with van der Waals surface area (Å²) in [5, 5.41) is 12.5. The van der Waals surface area contributed by atoms with Crippen LogP contribution >= 0.6 is 0 Å². The quantitative estimate of drug-likeness (QED) is 0.835. The van der Waals surface area contributed by atoms with Gasteiger partial charge in [-0.3, -0.25) is 4.90 Å². The Kier molecular flexibility index (Phi) is 4.28. The monoisotopic (exact) mass is 277 g/mol. The van der Waals surface area contributed by atoms with E-state index >= 15 is 0 Å². The normalized spacial score (nSPS) is 16.2. The topological polar surface area (TPSA) is 65.5 Å². The van der Waals surface area contributed by atoms with Gasteiger partial charge in [0.1, 0.15) is 11.4 Å². The number of anilines is 1. The third kappa shape index (κ3) is 3.28. The van der Waals surface area contributed by atoms with Crippen molar-refractivity contribution >= 4 is 11.8 Å². The molecule has 1 aliphatic carbocycles. The Morgan fingerprint density at radius 2 is 2.20 bits per heavy atom. The van der Waals surface area contributed by atoms with Gasteiger partial charge in [-0.2, -0.15) is 0 Å². The Bertz CT molecular complexity index is 512. The van der Waals surface area contributed by atoms with Gasteiger partial charge in [0.15, 0.2) is 0 Å². The third-order valence-electron chi connectivity index (χ3n) is 3.94. The molecule has 0 bridgehead atoms. The number of carboxylic acids is 1. The number of carbonyl (C=O) groups is 1. The van der Waals surface area contributed by atoms with Crippen LogP contribution in [0.3, 0.4) is 0 Å². The summed E-state index contributed by atoms with van der Waals surface area (Å²) < 4.78 is 0. The fourth-order valence-electron chi connectivity index (χ4n) is 2.46. The standard InChI is InChI=1S/C15H23N3O2/c1-9-7-10(2)17-14(13(9)15(19)20)16-8-11(3)18(4)12-5-6-12/h7,11-12H,5-6,8H2,1-4H3,(H,16,17)(H,19,20). The predicted octanol–water partition coefficient (Wildman–Crippen LogP) is 2.29. The number of likely N-dealkylation sites (N-methyl/N-ethyl adjacent to an activating group) is 1. The summed E-state index contributed by atoms with van der Waals surface area (Å²) in [7, 11) is 2.12. The first kappa shape index (κ1) is 14.8. The maximum absolute atomic E-state index is 11.4. The number of nitrogens with zero attached hydrogens (tertiary/aromatic N) is 2. The molecule has 0 aliphatic heterocycles. The van der Waals surface area contributed by atoms with E-state index in [0.717, 1.165) is 11.3 Å². The van der Waals surface area contributed by atoms with E-state index in [-0.39, 0.29) is 5.56 Å². The van der Waals surface area contributed by atoms with Crippen LogP contribution in [0.5, 0.6) is 0 Å². The molecule has 1 unspecified atom stereocenters. The van der Waals surface area contributed by atoms with Crippen LogP contribution < -0.4 is 5.32 Å². The van der Waals surface area contributed by atoms with Crippen molar-refractivity contribution in [3.63, 3.8) is 0 Å². The van der Waals surface area contributed by atoms with Crippen LogP contribution in [0.4, 0.5) is 5.82 Å². The van der Waals surface area contributed by atoms with Crippen LogP contribution in [0.15, 0.2) is 6.07 Å².